The molecule has 0 aliphatic rings. The van der Waals surface area contributed by atoms with E-state index in [9.17, 15) is 0 Å². The molecule has 0 bridgehead atoms. The second kappa shape index (κ2) is 5.69. The predicted octanol–water partition coefficient (Wildman–Crippen LogP) is 5.21. The minimum atomic E-state index is -0.755. The summed E-state index contributed by atoms with van der Waals surface area (Å²) in [5.74, 6) is -0.755. The Balaban J connectivity index is 2.06. The summed E-state index contributed by atoms with van der Waals surface area (Å²) in [6.07, 6.45) is 2.12. The number of rotatable bonds is 2. The van der Waals surface area contributed by atoms with Crippen LogP contribution in [0.4, 0.5) is 0 Å². The Morgan fingerprint density at radius 3 is 2.52 bits per heavy atom. The molecule has 4 rings (SSSR count). The number of hydrogen-bond donors (Lipinski definition) is 0. The fraction of sp³-hybridized carbons (Fsp3) is 0.273. The number of nitrogens with zero attached hydrogens (tertiary/aromatic N) is 2. The summed E-state index contributed by atoms with van der Waals surface area (Å²) in [7, 11) is 2.06. The topological polar surface area (TPSA) is 29.9 Å². The minimum Gasteiger partial charge on any atom is -0.437 e. The molecule has 3 heteroatoms. The van der Waals surface area contributed by atoms with E-state index in [1.807, 2.05) is 26.0 Å². The van der Waals surface area contributed by atoms with E-state index >= 15 is 0 Å². The van der Waals surface area contributed by atoms with Gasteiger partial charge in [0.25, 0.3) is 0 Å². The van der Waals surface area contributed by atoms with Gasteiger partial charge in [0.05, 0.1) is 5.56 Å². The fourth-order valence-corrected chi connectivity index (χ4v) is 3.42. The van der Waals surface area contributed by atoms with Crippen LogP contribution in [0.2, 0.25) is 0 Å². The lowest BCUT2D eigenvalue weighted by molar-refractivity contribution is -0.660. The summed E-state index contributed by atoms with van der Waals surface area (Å²) in [6, 6.07) is 12.4. The van der Waals surface area contributed by atoms with E-state index in [0.717, 1.165) is 33.2 Å². The molecule has 0 fully saturated rings. The highest BCUT2D eigenvalue weighted by Crippen LogP contribution is 2.36. The van der Waals surface area contributed by atoms with Crippen molar-refractivity contribution < 1.29 is 10.4 Å². The third-order valence-corrected chi connectivity index (χ3v) is 4.76. The summed E-state index contributed by atoms with van der Waals surface area (Å²) in [5.41, 5.74) is 6.75. The Bertz CT molecular complexity index is 1150. The molecule has 0 saturated carbocycles. The molecule has 0 amide bonds. The molecule has 0 aliphatic carbocycles. The van der Waals surface area contributed by atoms with Crippen LogP contribution < -0.4 is 4.57 Å². The van der Waals surface area contributed by atoms with E-state index in [2.05, 4.69) is 60.9 Å². The van der Waals surface area contributed by atoms with Gasteiger partial charge in [0.1, 0.15) is 7.05 Å². The first kappa shape index (κ1) is 14.6. The van der Waals surface area contributed by atoms with Crippen LogP contribution >= 0.6 is 0 Å². The van der Waals surface area contributed by atoms with E-state index in [-0.39, 0.29) is 0 Å². The molecule has 1 aromatic carbocycles. The minimum absolute atomic E-state index is 0.597. The van der Waals surface area contributed by atoms with Crippen molar-refractivity contribution in [2.75, 3.05) is 0 Å². The van der Waals surface area contributed by atoms with E-state index in [1.54, 1.807) is 0 Å². The Morgan fingerprint density at radius 1 is 1.04 bits per heavy atom. The van der Waals surface area contributed by atoms with Crippen molar-refractivity contribution >= 4 is 22.1 Å². The SMILES string of the molecule is [2H]C(C)(C)c1ccc2c(n1)oc1c(-c3ccc(C)c[n+]3C)c(C)ccc12. The third-order valence-electron chi connectivity index (χ3n) is 4.76. The summed E-state index contributed by atoms with van der Waals surface area (Å²) in [5, 5.41) is 2.05. The molecule has 0 saturated heterocycles. The zero-order valence-corrected chi connectivity index (χ0v) is 15.3. The van der Waals surface area contributed by atoms with Crippen LogP contribution in [0.5, 0.6) is 0 Å². The number of aromatic nitrogens is 2. The molecule has 4 aromatic rings. The predicted molar refractivity (Wildman–Crippen MR) is 102 cm³/mol. The zero-order valence-electron chi connectivity index (χ0n) is 16.3. The van der Waals surface area contributed by atoms with Gasteiger partial charge in [-0.3, -0.25) is 0 Å². The van der Waals surface area contributed by atoms with E-state index < -0.39 is 5.89 Å². The average molecular weight is 332 g/mol. The summed E-state index contributed by atoms with van der Waals surface area (Å²) >= 11 is 0. The maximum absolute atomic E-state index is 8.23. The van der Waals surface area contributed by atoms with Gasteiger partial charge in [0, 0.05) is 29.5 Å². The molecule has 0 aliphatic heterocycles. The first-order chi connectivity index (χ1) is 12.3. The number of hydrogen-bond acceptors (Lipinski definition) is 2. The van der Waals surface area contributed by atoms with Crippen LogP contribution in [0.3, 0.4) is 0 Å². The number of aryl methyl sites for hydroxylation is 3. The van der Waals surface area contributed by atoms with Crippen LogP contribution in [0, 0.1) is 13.8 Å². The first-order valence-electron chi connectivity index (χ1n) is 9.06. The maximum atomic E-state index is 8.23. The molecule has 0 N–H and O–H groups in total. The smallest absolute Gasteiger partial charge is 0.227 e. The Hall–Kier alpha value is -2.68. The average Bonchev–Trinajstić information content (AvgIpc) is 2.92. The van der Waals surface area contributed by atoms with Gasteiger partial charge in [-0.2, -0.15) is 0 Å². The highest BCUT2D eigenvalue weighted by Gasteiger charge is 2.21. The Labute approximate surface area is 149 Å². The highest BCUT2D eigenvalue weighted by atomic mass is 16.3. The van der Waals surface area contributed by atoms with Crippen molar-refractivity contribution in [3.63, 3.8) is 0 Å². The van der Waals surface area contributed by atoms with Gasteiger partial charge in [-0.15, -0.1) is 0 Å². The second-order valence-electron chi connectivity index (χ2n) is 6.99. The highest BCUT2D eigenvalue weighted by molar-refractivity contribution is 6.08. The second-order valence-corrected chi connectivity index (χ2v) is 6.99. The molecule has 126 valence electrons. The van der Waals surface area contributed by atoms with E-state index in [0.29, 0.717) is 11.4 Å². The Kier molecular flexibility index (Phi) is 3.34. The standard InChI is InChI=1S/C22H23N2O/c1-13(2)18-10-9-17-16-8-7-15(4)20(21(16)25-22(17)23-18)19-11-6-14(3)12-24(19)5/h6-13H,1-5H3/q+1/i13D. The molecule has 3 aromatic heterocycles. The molecule has 0 unspecified atom stereocenters. The molecule has 25 heavy (non-hydrogen) atoms. The normalized spacial score (nSPS) is 12.8. The lowest BCUT2D eigenvalue weighted by Crippen LogP contribution is -2.31. The summed E-state index contributed by atoms with van der Waals surface area (Å²) in [6.45, 7) is 7.87. The van der Waals surface area contributed by atoms with Gasteiger partial charge in [-0.25, -0.2) is 9.55 Å². The number of furan rings is 1. The van der Waals surface area contributed by atoms with Crippen molar-refractivity contribution in [2.45, 2.75) is 33.6 Å². The summed E-state index contributed by atoms with van der Waals surface area (Å²) < 4.78 is 16.6. The molecular formula is C22H23N2O+. The van der Waals surface area contributed by atoms with Crippen molar-refractivity contribution in [1.82, 2.24) is 4.98 Å². The van der Waals surface area contributed by atoms with E-state index in [1.165, 1.54) is 5.56 Å². The van der Waals surface area contributed by atoms with Gasteiger partial charge in [-0.05, 0) is 43.5 Å². The molecule has 0 spiro atoms. The van der Waals surface area contributed by atoms with Crippen molar-refractivity contribution in [1.29, 1.82) is 0 Å². The first-order valence-corrected chi connectivity index (χ1v) is 8.56. The monoisotopic (exact) mass is 332 g/mol. The number of fused-ring (bicyclic) bond motifs is 3. The third kappa shape index (κ3) is 2.51. The maximum Gasteiger partial charge on any atom is 0.227 e. The van der Waals surface area contributed by atoms with Gasteiger partial charge in [0.2, 0.25) is 11.4 Å². The van der Waals surface area contributed by atoms with Gasteiger partial charge >= 0.3 is 0 Å². The lowest BCUT2D eigenvalue weighted by atomic mass is 10.0. The summed E-state index contributed by atoms with van der Waals surface area (Å²) in [4.78, 5) is 4.62. The van der Waals surface area contributed by atoms with Crippen LogP contribution in [-0.4, -0.2) is 4.98 Å². The van der Waals surface area contributed by atoms with Crippen molar-refractivity contribution in [2.24, 2.45) is 7.05 Å². The molecular weight excluding hydrogens is 308 g/mol. The van der Waals surface area contributed by atoms with Crippen molar-refractivity contribution in [3.05, 3.63) is 59.4 Å². The van der Waals surface area contributed by atoms with Crippen molar-refractivity contribution in [3.8, 4) is 11.3 Å². The van der Waals surface area contributed by atoms with Crippen LogP contribution in [0.25, 0.3) is 33.3 Å². The van der Waals surface area contributed by atoms with Gasteiger partial charge < -0.3 is 4.42 Å². The Morgan fingerprint density at radius 2 is 1.80 bits per heavy atom. The van der Waals surface area contributed by atoms with E-state index in [4.69, 9.17) is 5.79 Å². The zero-order chi connectivity index (χ0) is 18.6. The molecule has 3 nitrogen and oxygen atoms in total. The van der Waals surface area contributed by atoms with Gasteiger partial charge in [0.15, 0.2) is 11.8 Å². The lowest BCUT2D eigenvalue weighted by Gasteiger charge is -2.05. The number of pyridine rings is 2. The van der Waals surface area contributed by atoms with Gasteiger partial charge in [-0.1, -0.05) is 26.0 Å². The molecule has 0 radical (unpaired) electrons. The molecule has 0 atom stereocenters. The quantitative estimate of drug-likeness (QED) is 0.471. The van der Waals surface area contributed by atoms with Crippen LogP contribution in [0.15, 0.2) is 47.0 Å². The van der Waals surface area contributed by atoms with Crippen LogP contribution in [-0.2, 0) is 7.05 Å². The fourth-order valence-electron chi connectivity index (χ4n) is 3.42. The molecule has 3 heterocycles. The number of benzene rings is 1. The van der Waals surface area contributed by atoms with Crippen LogP contribution in [0.1, 0.15) is 37.9 Å². The largest absolute Gasteiger partial charge is 0.437 e.